The zero-order valence-corrected chi connectivity index (χ0v) is 7.85. The number of rotatable bonds is 2. The molecule has 0 aliphatic heterocycles. The Morgan fingerprint density at radius 3 is 2.43 bits per heavy atom. The van der Waals surface area contributed by atoms with E-state index in [1.54, 1.807) is 0 Å². The molecule has 1 aromatic heterocycles. The number of aromatic nitrogens is 2. The van der Waals surface area contributed by atoms with Crippen LogP contribution in [0.3, 0.4) is 0 Å². The number of aromatic amines is 1. The van der Waals surface area contributed by atoms with E-state index in [0.29, 0.717) is 6.07 Å². The van der Waals surface area contributed by atoms with Crippen molar-refractivity contribution in [3.8, 4) is 0 Å². The molecule has 0 amide bonds. The van der Waals surface area contributed by atoms with Crippen molar-refractivity contribution >= 4 is 0 Å². The molecule has 0 spiro atoms. The topological polar surface area (TPSA) is 37.8 Å². The maximum Gasteiger partial charge on any atom is 0.432 e. The lowest BCUT2D eigenvalue weighted by Gasteiger charge is -2.06. The lowest BCUT2D eigenvalue weighted by Crippen LogP contribution is -2.19. The second-order valence-corrected chi connectivity index (χ2v) is 3.51. The Morgan fingerprint density at radius 2 is 2.07 bits per heavy atom. The lowest BCUT2D eigenvalue weighted by atomic mass is 10.2. The molecule has 80 valence electrons. The summed E-state index contributed by atoms with van der Waals surface area (Å²) in [7, 11) is 0. The highest BCUT2D eigenvalue weighted by Crippen LogP contribution is 2.26. The van der Waals surface area contributed by atoms with E-state index in [4.69, 9.17) is 0 Å². The van der Waals surface area contributed by atoms with E-state index in [-0.39, 0.29) is 12.5 Å². The molecule has 0 saturated carbocycles. The van der Waals surface area contributed by atoms with Gasteiger partial charge in [0.1, 0.15) is 5.69 Å². The first-order valence-electron chi connectivity index (χ1n) is 4.17. The first-order valence-corrected chi connectivity index (χ1v) is 4.17. The van der Waals surface area contributed by atoms with E-state index in [9.17, 15) is 18.0 Å². The lowest BCUT2D eigenvalue weighted by molar-refractivity contribution is -0.141. The van der Waals surface area contributed by atoms with Gasteiger partial charge in [-0.1, -0.05) is 13.8 Å². The third kappa shape index (κ3) is 2.40. The van der Waals surface area contributed by atoms with Crippen LogP contribution in [0.15, 0.2) is 10.9 Å². The first kappa shape index (κ1) is 10.9. The third-order valence-corrected chi connectivity index (χ3v) is 1.64. The molecule has 1 N–H and O–H groups in total. The van der Waals surface area contributed by atoms with E-state index in [1.165, 1.54) is 0 Å². The summed E-state index contributed by atoms with van der Waals surface area (Å²) in [5.41, 5.74) is -1.64. The molecule has 0 unspecified atom stereocenters. The fourth-order valence-electron chi connectivity index (χ4n) is 1.08. The highest BCUT2D eigenvalue weighted by molar-refractivity contribution is 5.03. The molecule has 1 heterocycles. The highest BCUT2D eigenvalue weighted by Gasteiger charge is 2.33. The summed E-state index contributed by atoms with van der Waals surface area (Å²) in [4.78, 5) is 11.1. The molecule has 0 saturated heterocycles. The van der Waals surface area contributed by atoms with Crippen LogP contribution in [-0.4, -0.2) is 9.78 Å². The standard InChI is InChI=1S/C8H11F3N2O/c1-5(2)4-13-7(14)3-6(12-13)8(9,10)11/h3,5,12H,4H2,1-2H3. The molecule has 6 heteroatoms. The van der Waals surface area contributed by atoms with Crippen molar-refractivity contribution in [1.82, 2.24) is 9.78 Å². The van der Waals surface area contributed by atoms with Crippen molar-refractivity contribution in [2.45, 2.75) is 26.6 Å². The van der Waals surface area contributed by atoms with Crippen molar-refractivity contribution in [3.63, 3.8) is 0 Å². The summed E-state index contributed by atoms with van der Waals surface area (Å²) < 4.78 is 37.4. The molecule has 0 radical (unpaired) electrons. The minimum Gasteiger partial charge on any atom is -0.291 e. The average Bonchev–Trinajstić information content (AvgIpc) is 2.30. The van der Waals surface area contributed by atoms with Gasteiger partial charge in [0.05, 0.1) is 0 Å². The molecule has 0 bridgehead atoms. The first-order chi connectivity index (χ1) is 6.30. The number of hydrogen-bond acceptors (Lipinski definition) is 1. The van der Waals surface area contributed by atoms with Crippen LogP contribution in [-0.2, 0) is 12.7 Å². The highest BCUT2D eigenvalue weighted by atomic mass is 19.4. The van der Waals surface area contributed by atoms with Crippen LogP contribution >= 0.6 is 0 Å². The summed E-state index contributed by atoms with van der Waals surface area (Å²) in [6.07, 6.45) is -4.48. The zero-order valence-electron chi connectivity index (χ0n) is 7.85. The second-order valence-electron chi connectivity index (χ2n) is 3.51. The molecule has 0 atom stereocenters. The van der Waals surface area contributed by atoms with Crippen LogP contribution in [0.1, 0.15) is 19.5 Å². The van der Waals surface area contributed by atoms with E-state index >= 15 is 0 Å². The number of nitrogens with zero attached hydrogens (tertiary/aromatic N) is 1. The van der Waals surface area contributed by atoms with Gasteiger partial charge in [-0.3, -0.25) is 14.6 Å². The SMILES string of the molecule is CC(C)Cn1[nH]c(C(F)(F)F)cc1=O. The van der Waals surface area contributed by atoms with Gasteiger partial charge < -0.3 is 0 Å². The number of hydrogen-bond donors (Lipinski definition) is 1. The fourth-order valence-corrected chi connectivity index (χ4v) is 1.08. The van der Waals surface area contributed by atoms with Gasteiger partial charge in [0.25, 0.3) is 5.56 Å². The van der Waals surface area contributed by atoms with Gasteiger partial charge in [-0.15, -0.1) is 0 Å². The number of H-pyrrole nitrogens is 1. The maximum absolute atomic E-state index is 12.1. The molecule has 0 aromatic carbocycles. The summed E-state index contributed by atoms with van der Waals surface area (Å²) in [6.45, 7) is 3.90. The Hall–Kier alpha value is -1.20. The van der Waals surface area contributed by atoms with Crippen LogP contribution in [0.2, 0.25) is 0 Å². The van der Waals surface area contributed by atoms with E-state index < -0.39 is 17.4 Å². The molecule has 0 fully saturated rings. The van der Waals surface area contributed by atoms with Crippen molar-refractivity contribution in [2.75, 3.05) is 0 Å². The van der Waals surface area contributed by atoms with Gasteiger partial charge in [-0.25, -0.2) is 0 Å². The summed E-state index contributed by atoms with van der Waals surface area (Å²) in [6, 6.07) is 0.572. The number of nitrogens with one attached hydrogen (secondary N) is 1. The number of alkyl halides is 3. The van der Waals surface area contributed by atoms with Crippen LogP contribution < -0.4 is 5.56 Å². The maximum atomic E-state index is 12.1. The Balaban J connectivity index is 3.00. The largest absolute Gasteiger partial charge is 0.432 e. The van der Waals surface area contributed by atoms with Gasteiger partial charge in [-0.2, -0.15) is 13.2 Å². The molecular formula is C8H11F3N2O. The summed E-state index contributed by atoms with van der Waals surface area (Å²) in [5.74, 6) is 0.118. The van der Waals surface area contributed by atoms with Crippen LogP contribution in [0.25, 0.3) is 0 Å². The second kappa shape index (κ2) is 3.51. The van der Waals surface area contributed by atoms with Crippen molar-refractivity contribution < 1.29 is 13.2 Å². The van der Waals surface area contributed by atoms with Gasteiger partial charge in [0.15, 0.2) is 0 Å². The minimum absolute atomic E-state index is 0.118. The summed E-state index contributed by atoms with van der Waals surface area (Å²) in [5, 5.41) is 2.03. The third-order valence-electron chi connectivity index (χ3n) is 1.64. The Labute approximate surface area is 78.5 Å². The van der Waals surface area contributed by atoms with Crippen molar-refractivity contribution in [3.05, 3.63) is 22.1 Å². The Morgan fingerprint density at radius 1 is 1.50 bits per heavy atom. The predicted molar refractivity (Wildman–Crippen MR) is 44.9 cm³/mol. The summed E-state index contributed by atoms with van der Waals surface area (Å²) >= 11 is 0. The van der Waals surface area contributed by atoms with Crippen LogP contribution in [0.4, 0.5) is 13.2 Å². The molecule has 0 aliphatic rings. The molecule has 3 nitrogen and oxygen atoms in total. The van der Waals surface area contributed by atoms with Gasteiger partial charge in [0, 0.05) is 12.6 Å². The quantitative estimate of drug-likeness (QED) is 0.791. The van der Waals surface area contributed by atoms with Gasteiger partial charge >= 0.3 is 6.18 Å². The normalized spacial score (nSPS) is 12.4. The van der Waals surface area contributed by atoms with Crippen LogP contribution in [0, 0.1) is 5.92 Å². The smallest absolute Gasteiger partial charge is 0.291 e. The zero-order chi connectivity index (χ0) is 10.9. The predicted octanol–water partition coefficient (Wildman–Crippen LogP) is 1.85. The molecule has 1 aromatic rings. The average molecular weight is 208 g/mol. The van der Waals surface area contributed by atoms with E-state index in [1.807, 2.05) is 18.9 Å². The van der Waals surface area contributed by atoms with Crippen molar-refractivity contribution in [2.24, 2.45) is 5.92 Å². The molecule has 14 heavy (non-hydrogen) atoms. The molecular weight excluding hydrogens is 197 g/mol. The van der Waals surface area contributed by atoms with E-state index in [2.05, 4.69) is 0 Å². The Bertz CT molecular complexity index is 361. The molecule has 0 aliphatic carbocycles. The van der Waals surface area contributed by atoms with Crippen molar-refractivity contribution in [1.29, 1.82) is 0 Å². The van der Waals surface area contributed by atoms with Gasteiger partial charge in [-0.05, 0) is 5.92 Å². The number of halogens is 3. The van der Waals surface area contributed by atoms with E-state index in [0.717, 1.165) is 4.68 Å². The monoisotopic (exact) mass is 208 g/mol. The fraction of sp³-hybridized carbons (Fsp3) is 0.625. The molecule has 1 rings (SSSR count). The minimum atomic E-state index is -4.48. The van der Waals surface area contributed by atoms with Gasteiger partial charge in [0.2, 0.25) is 0 Å². The Kier molecular flexibility index (Phi) is 2.73. The van der Waals surface area contributed by atoms with Crippen LogP contribution in [0.5, 0.6) is 0 Å².